The summed E-state index contributed by atoms with van der Waals surface area (Å²) in [5, 5.41) is 11.0. The van der Waals surface area contributed by atoms with E-state index in [9.17, 15) is 4.79 Å². The van der Waals surface area contributed by atoms with Gasteiger partial charge in [0.25, 0.3) is 5.91 Å². The number of rotatable bonds is 5. The highest BCUT2D eigenvalue weighted by molar-refractivity contribution is 6.06. The summed E-state index contributed by atoms with van der Waals surface area (Å²) in [6, 6.07) is 20.4. The van der Waals surface area contributed by atoms with E-state index in [4.69, 9.17) is 14.8 Å². The number of ether oxygens (including phenoxy) is 1. The minimum Gasteiger partial charge on any atom is -0.497 e. The number of H-pyrrole nitrogens is 1. The molecule has 3 N–H and O–H groups in total. The minimum atomic E-state index is -0.457. The quantitative estimate of drug-likeness (QED) is 0.494. The number of aromatic amines is 1. The van der Waals surface area contributed by atoms with Gasteiger partial charge in [0, 0.05) is 28.6 Å². The van der Waals surface area contributed by atoms with Crippen molar-refractivity contribution in [3.05, 3.63) is 96.0 Å². The Balaban J connectivity index is 1.55. The maximum atomic E-state index is 13.5. The van der Waals surface area contributed by atoms with Gasteiger partial charge in [-0.15, -0.1) is 5.10 Å². The van der Waals surface area contributed by atoms with Gasteiger partial charge in [-0.3, -0.25) is 4.79 Å². The molecule has 1 unspecified atom stereocenters. The third-order valence-electron chi connectivity index (χ3n) is 5.52. The van der Waals surface area contributed by atoms with E-state index in [0.29, 0.717) is 23.0 Å². The molecular formula is C25H23N6O2+. The van der Waals surface area contributed by atoms with Crippen molar-refractivity contribution in [2.24, 2.45) is 0 Å². The summed E-state index contributed by atoms with van der Waals surface area (Å²) in [7, 11) is 1.61. The van der Waals surface area contributed by atoms with Crippen molar-refractivity contribution >= 4 is 17.5 Å². The Morgan fingerprint density at radius 2 is 1.88 bits per heavy atom. The molecule has 0 spiro atoms. The van der Waals surface area contributed by atoms with Gasteiger partial charge >= 0.3 is 0 Å². The second-order valence-electron chi connectivity index (χ2n) is 7.66. The lowest BCUT2D eigenvalue weighted by Crippen LogP contribution is -2.32. The van der Waals surface area contributed by atoms with Gasteiger partial charge in [-0.1, -0.05) is 30.3 Å². The second-order valence-corrected chi connectivity index (χ2v) is 7.66. The lowest BCUT2D eigenvalue weighted by atomic mass is 9.96. The molecule has 0 aliphatic carbocycles. The second kappa shape index (κ2) is 8.58. The van der Waals surface area contributed by atoms with Crippen molar-refractivity contribution in [2.75, 3.05) is 17.7 Å². The van der Waals surface area contributed by atoms with Gasteiger partial charge < -0.3 is 15.4 Å². The van der Waals surface area contributed by atoms with Crippen LogP contribution in [0.5, 0.6) is 5.75 Å². The number of nitrogens with one attached hydrogen (secondary N) is 3. The number of amides is 1. The fraction of sp³-hybridized carbons (Fsp3) is 0.120. The first-order valence-electron chi connectivity index (χ1n) is 10.5. The van der Waals surface area contributed by atoms with E-state index in [1.54, 1.807) is 23.9 Å². The number of nitrogens with zero attached hydrogens (tertiary/aromatic N) is 3. The highest BCUT2D eigenvalue weighted by Crippen LogP contribution is 2.36. The Hall–Kier alpha value is -4.46. The van der Waals surface area contributed by atoms with Gasteiger partial charge in [0.15, 0.2) is 18.2 Å². The van der Waals surface area contributed by atoms with Crippen molar-refractivity contribution in [1.29, 1.82) is 0 Å². The predicted octanol–water partition coefficient (Wildman–Crippen LogP) is 3.70. The summed E-state index contributed by atoms with van der Waals surface area (Å²) in [6.45, 7) is 1.88. The number of methoxy groups -OCH3 is 1. The SMILES string of the molecule is COc1ccc(NC(=O)C2=C(C)Nc3nc(-c4ccccc4)nn3C2c2ccc[nH+]c2)cc1. The van der Waals surface area contributed by atoms with Crippen LogP contribution < -0.4 is 20.4 Å². The number of hydrogen-bond donors (Lipinski definition) is 2. The summed E-state index contributed by atoms with van der Waals surface area (Å²) < 4.78 is 6.97. The molecule has 1 aliphatic rings. The van der Waals surface area contributed by atoms with Crippen LogP contribution in [0.1, 0.15) is 18.5 Å². The van der Waals surface area contributed by atoms with Crippen molar-refractivity contribution in [3.63, 3.8) is 0 Å². The third kappa shape index (κ3) is 3.94. The lowest BCUT2D eigenvalue weighted by Gasteiger charge is -2.27. The molecule has 0 fully saturated rings. The molecule has 164 valence electrons. The summed E-state index contributed by atoms with van der Waals surface area (Å²) in [5.74, 6) is 1.68. The number of hydrogen-bond acceptors (Lipinski definition) is 5. The number of carbonyl (C=O) groups excluding carboxylic acids is 1. The van der Waals surface area contributed by atoms with Crippen LogP contribution in [0.15, 0.2) is 90.4 Å². The van der Waals surface area contributed by atoms with E-state index in [2.05, 4.69) is 15.6 Å². The zero-order valence-electron chi connectivity index (χ0n) is 18.2. The smallest absolute Gasteiger partial charge is 0.255 e. The third-order valence-corrected chi connectivity index (χ3v) is 5.52. The first-order chi connectivity index (χ1) is 16.1. The molecule has 2 aromatic heterocycles. The van der Waals surface area contributed by atoms with Crippen molar-refractivity contribution in [1.82, 2.24) is 14.8 Å². The van der Waals surface area contributed by atoms with Crippen LogP contribution in [-0.2, 0) is 4.79 Å². The van der Waals surface area contributed by atoms with Crippen LogP contribution in [0, 0.1) is 0 Å². The zero-order chi connectivity index (χ0) is 22.8. The number of anilines is 2. The number of allylic oxidation sites excluding steroid dienone is 1. The summed E-state index contributed by atoms with van der Waals surface area (Å²) >= 11 is 0. The van der Waals surface area contributed by atoms with E-state index in [1.165, 1.54) is 0 Å². The molecule has 8 heteroatoms. The average Bonchev–Trinajstić information content (AvgIpc) is 3.28. The van der Waals surface area contributed by atoms with Gasteiger partial charge in [0.1, 0.15) is 11.8 Å². The van der Waals surface area contributed by atoms with Gasteiger partial charge in [-0.2, -0.15) is 4.98 Å². The first-order valence-corrected chi connectivity index (χ1v) is 10.5. The molecule has 0 saturated carbocycles. The maximum absolute atomic E-state index is 13.5. The Morgan fingerprint density at radius 1 is 1.09 bits per heavy atom. The van der Waals surface area contributed by atoms with Crippen LogP contribution in [0.25, 0.3) is 11.4 Å². The molecule has 8 nitrogen and oxygen atoms in total. The van der Waals surface area contributed by atoms with Crippen LogP contribution in [0.3, 0.4) is 0 Å². The van der Waals surface area contributed by atoms with Gasteiger partial charge in [-0.25, -0.2) is 9.67 Å². The van der Waals surface area contributed by atoms with Gasteiger partial charge in [0.05, 0.1) is 12.7 Å². The molecule has 33 heavy (non-hydrogen) atoms. The highest BCUT2D eigenvalue weighted by atomic mass is 16.5. The van der Waals surface area contributed by atoms with Gasteiger partial charge in [-0.05, 0) is 37.3 Å². The van der Waals surface area contributed by atoms with Crippen molar-refractivity contribution in [3.8, 4) is 17.1 Å². The molecule has 0 bridgehead atoms. The van der Waals surface area contributed by atoms with E-state index in [0.717, 1.165) is 22.6 Å². The number of benzene rings is 2. The van der Waals surface area contributed by atoms with E-state index in [1.807, 2.05) is 73.9 Å². The van der Waals surface area contributed by atoms with Crippen LogP contribution >= 0.6 is 0 Å². The number of fused-ring (bicyclic) bond motifs is 1. The van der Waals surface area contributed by atoms with Crippen LogP contribution in [0.4, 0.5) is 11.6 Å². The molecule has 5 rings (SSSR count). The lowest BCUT2D eigenvalue weighted by molar-refractivity contribution is -0.378. The standard InChI is InChI=1S/C25H22N6O2/c1-16-21(24(32)28-19-10-12-20(33-2)13-11-19)22(18-9-6-14-26-15-18)31-25(27-16)29-23(30-31)17-7-4-3-5-8-17/h3-15,22H,1-2H3,(H,28,32)(H,27,29,30)/p+1. The Bertz CT molecular complexity index is 1310. The monoisotopic (exact) mass is 439 g/mol. The number of pyridine rings is 1. The first kappa shape index (κ1) is 20.4. The van der Waals surface area contributed by atoms with Crippen molar-refractivity contribution < 1.29 is 14.5 Å². The summed E-state index contributed by atoms with van der Waals surface area (Å²) in [4.78, 5) is 21.3. The molecular weight excluding hydrogens is 416 g/mol. The highest BCUT2D eigenvalue weighted by Gasteiger charge is 2.35. The molecule has 0 saturated heterocycles. The maximum Gasteiger partial charge on any atom is 0.255 e. The van der Waals surface area contributed by atoms with E-state index >= 15 is 0 Å². The normalized spacial score (nSPS) is 14.9. The summed E-state index contributed by atoms with van der Waals surface area (Å²) in [5.41, 5.74) is 3.75. The number of carbonyl (C=O) groups is 1. The molecule has 2 aromatic carbocycles. The molecule has 0 radical (unpaired) electrons. The van der Waals surface area contributed by atoms with Gasteiger partial charge in [0.2, 0.25) is 5.95 Å². The van der Waals surface area contributed by atoms with Crippen LogP contribution in [0.2, 0.25) is 0 Å². The molecule has 1 atom stereocenters. The van der Waals surface area contributed by atoms with E-state index in [-0.39, 0.29) is 5.91 Å². The predicted molar refractivity (Wildman–Crippen MR) is 125 cm³/mol. The fourth-order valence-corrected chi connectivity index (χ4v) is 3.91. The largest absolute Gasteiger partial charge is 0.497 e. The molecule has 3 heterocycles. The van der Waals surface area contributed by atoms with Crippen LogP contribution in [-0.4, -0.2) is 27.8 Å². The number of aromatic nitrogens is 4. The molecule has 4 aromatic rings. The Labute approximate surface area is 191 Å². The minimum absolute atomic E-state index is 0.221. The van der Waals surface area contributed by atoms with E-state index < -0.39 is 6.04 Å². The molecule has 1 aliphatic heterocycles. The zero-order valence-corrected chi connectivity index (χ0v) is 18.2. The molecule has 1 amide bonds. The van der Waals surface area contributed by atoms with Crippen molar-refractivity contribution in [2.45, 2.75) is 13.0 Å². The topological polar surface area (TPSA) is 95.2 Å². The Kier molecular flexibility index (Phi) is 5.32. The fourth-order valence-electron chi connectivity index (χ4n) is 3.91. The Morgan fingerprint density at radius 3 is 2.58 bits per heavy atom. The average molecular weight is 439 g/mol. The summed E-state index contributed by atoms with van der Waals surface area (Å²) in [6.07, 6.45) is 3.70.